The second-order valence-electron chi connectivity index (χ2n) is 5.59. The largest absolute Gasteiger partial charge is 0.354 e. The van der Waals surface area contributed by atoms with Crippen LogP contribution in [0.4, 0.5) is 0 Å². The van der Waals surface area contributed by atoms with E-state index in [1.807, 2.05) is 12.1 Å². The number of nitrogens with zero attached hydrogens (tertiary/aromatic N) is 1. The van der Waals surface area contributed by atoms with Crippen LogP contribution in [0.5, 0.6) is 0 Å². The van der Waals surface area contributed by atoms with Gasteiger partial charge in [-0.05, 0) is 51.8 Å². The van der Waals surface area contributed by atoms with Crippen molar-refractivity contribution in [1.29, 1.82) is 0 Å². The van der Waals surface area contributed by atoms with Gasteiger partial charge in [0, 0.05) is 24.3 Å². The molecule has 0 saturated carbocycles. The zero-order chi connectivity index (χ0) is 13.8. The number of aromatic nitrogens is 1. The first-order valence-corrected chi connectivity index (χ1v) is 7.33. The van der Waals surface area contributed by atoms with Crippen LogP contribution in [0, 0.1) is 0 Å². The fourth-order valence-electron chi connectivity index (χ4n) is 2.84. The lowest BCUT2D eigenvalue weighted by Gasteiger charge is -2.28. The quantitative estimate of drug-likeness (QED) is 0.855. The van der Waals surface area contributed by atoms with Crippen LogP contribution >= 0.6 is 0 Å². The van der Waals surface area contributed by atoms with Gasteiger partial charge in [-0.1, -0.05) is 6.92 Å². The second-order valence-corrected chi connectivity index (χ2v) is 5.59. The predicted molar refractivity (Wildman–Crippen MR) is 77.4 cm³/mol. The Morgan fingerprint density at radius 3 is 2.95 bits per heavy atom. The highest BCUT2D eigenvalue weighted by Gasteiger charge is 2.26. The smallest absolute Gasteiger partial charge is 0.267 e. The van der Waals surface area contributed by atoms with Crippen LogP contribution in [0.2, 0.25) is 0 Å². The molecule has 1 saturated heterocycles. The Morgan fingerprint density at radius 2 is 2.32 bits per heavy atom. The van der Waals surface area contributed by atoms with Gasteiger partial charge in [0.25, 0.3) is 5.91 Å². The maximum absolute atomic E-state index is 12.0. The molecule has 4 nitrogen and oxygen atoms in total. The van der Waals surface area contributed by atoms with E-state index in [-0.39, 0.29) is 5.91 Å². The molecule has 0 bridgehead atoms. The average molecular weight is 263 g/mol. The summed E-state index contributed by atoms with van der Waals surface area (Å²) in [5.74, 6) is 0.00954. The van der Waals surface area contributed by atoms with E-state index >= 15 is 0 Å². The van der Waals surface area contributed by atoms with Crippen molar-refractivity contribution in [3.63, 3.8) is 0 Å². The summed E-state index contributed by atoms with van der Waals surface area (Å²) in [6, 6.07) is 4.89. The van der Waals surface area contributed by atoms with Crippen molar-refractivity contribution in [3.05, 3.63) is 23.5 Å². The number of likely N-dealkylation sites (tertiary alicyclic amines) is 1. The molecule has 1 atom stereocenters. The minimum Gasteiger partial charge on any atom is -0.354 e. The highest BCUT2D eigenvalue weighted by molar-refractivity contribution is 5.92. The second kappa shape index (κ2) is 6.24. The maximum Gasteiger partial charge on any atom is 0.267 e. The van der Waals surface area contributed by atoms with E-state index in [0.29, 0.717) is 17.8 Å². The summed E-state index contributed by atoms with van der Waals surface area (Å²) < 4.78 is 0. The fourth-order valence-corrected chi connectivity index (χ4v) is 2.84. The number of rotatable bonds is 5. The first-order valence-electron chi connectivity index (χ1n) is 7.33. The minimum absolute atomic E-state index is 0.00954. The molecule has 1 aromatic rings. The molecule has 1 amide bonds. The Kier molecular flexibility index (Phi) is 4.64. The lowest BCUT2D eigenvalue weighted by molar-refractivity contribution is 0.0931. The van der Waals surface area contributed by atoms with Gasteiger partial charge < -0.3 is 10.3 Å². The number of carbonyl (C=O) groups excluding carboxylic acids is 1. The average Bonchev–Trinajstić information content (AvgIpc) is 3.04. The van der Waals surface area contributed by atoms with Gasteiger partial charge in [0.1, 0.15) is 5.69 Å². The van der Waals surface area contributed by atoms with E-state index in [2.05, 4.69) is 36.0 Å². The summed E-state index contributed by atoms with van der Waals surface area (Å²) in [7, 11) is 0. The molecule has 1 aromatic heterocycles. The molecule has 2 rings (SSSR count). The third-order valence-corrected chi connectivity index (χ3v) is 3.96. The molecule has 4 heteroatoms. The van der Waals surface area contributed by atoms with E-state index in [1.54, 1.807) is 0 Å². The molecule has 2 heterocycles. The number of H-pyrrole nitrogens is 1. The van der Waals surface area contributed by atoms with Gasteiger partial charge >= 0.3 is 0 Å². The normalized spacial score (nSPS) is 20.1. The minimum atomic E-state index is 0.00954. The van der Waals surface area contributed by atoms with Crippen LogP contribution < -0.4 is 5.32 Å². The SMILES string of the molecule is CCc1ccc(C(=O)NCC2CCCN2C(C)C)[nH]1. The third-order valence-electron chi connectivity index (χ3n) is 3.96. The molecule has 1 aliphatic rings. The summed E-state index contributed by atoms with van der Waals surface area (Å²) >= 11 is 0. The van der Waals surface area contributed by atoms with Crippen LogP contribution in [0.3, 0.4) is 0 Å². The summed E-state index contributed by atoms with van der Waals surface area (Å²) in [5.41, 5.74) is 1.78. The first kappa shape index (κ1) is 14.1. The summed E-state index contributed by atoms with van der Waals surface area (Å²) in [5, 5.41) is 3.05. The third kappa shape index (κ3) is 3.38. The maximum atomic E-state index is 12.0. The van der Waals surface area contributed by atoms with Crippen molar-refractivity contribution >= 4 is 5.91 Å². The van der Waals surface area contributed by atoms with Crippen LogP contribution in [0.25, 0.3) is 0 Å². The van der Waals surface area contributed by atoms with Crippen molar-refractivity contribution in [3.8, 4) is 0 Å². The molecule has 0 spiro atoms. The number of carbonyl (C=O) groups is 1. The van der Waals surface area contributed by atoms with Gasteiger partial charge in [0.05, 0.1) is 0 Å². The molecule has 0 aromatic carbocycles. The van der Waals surface area contributed by atoms with Gasteiger partial charge in [-0.3, -0.25) is 9.69 Å². The zero-order valence-corrected chi connectivity index (χ0v) is 12.2. The van der Waals surface area contributed by atoms with Gasteiger partial charge in [-0.15, -0.1) is 0 Å². The van der Waals surface area contributed by atoms with E-state index in [4.69, 9.17) is 0 Å². The molecule has 1 fully saturated rings. The van der Waals surface area contributed by atoms with Gasteiger partial charge in [-0.2, -0.15) is 0 Å². The Bertz CT molecular complexity index is 425. The number of nitrogens with one attached hydrogen (secondary N) is 2. The first-order chi connectivity index (χ1) is 9.11. The van der Waals surface area contributed by atoms with Crippen molar-refractivity contribution < 1.29 is 4.79 Å². The molecule has 106 valence electrons. The van der Waals surface area contributed by atoms with Crippen LogP contribution in [0.15, 0.2) is 12.1 Å². The molecule has 0 aliphatic carbocycles. The number of aryl methyl sites for hydroxylation is 1. The summed E-state index contributed by atoms with van der Waals surface area (Å²) in [6.07, 6.45) is 3.35. The van der Waals surface area contributed by atoms with Crippen molar-refractivity contribution in [2.45, 2.75) is 52.1 Å². The Morgan fingerprint density at radius 1 is 1.53 bits per heavy atom. The Labute approximate surface area is 115 Å². The van der Waals surface area contributed by atoms with Crippen LogP contribution in [-0.4, -0.2) is 41.0 Å². The number of hydrogen-bond donors (Lipinski definition) is 2. The van der Waals surface area contributed by atoms with E-state index < -0.39 is 0 Å². The highest BCUT2D eigenvalue weighted by atomic mass is 16.1. The molecule has 2 N–H and O–H groups in total. The monoisotopic (exact) mass is 263 g/mol. The van der Waals surface area contributed by atoms with E-state index in [1.165, 1.54) is 12.8 Å². The highest BCUT2D eigenvalue weighted by Crippen LogP contribution is 2.19. The van der Waals surface area contributed by atoms with Crippen molar-refractivity contribution in [2.75, 3.05) is 13.1 Å². The Hall–Kier alpha value is -1.29. The molecule has 0 radical (unpaired) electrons. The van der Waals surface area contributed by atoms with E-state index in [9.17, 15) is 4.79 Å². The summed E-state index contributed by atoms with van der Waals surface area (Å²) in [4.78, 5) is 17.7. The van der Waals surface area contributed by atoms with Crippen molar-refractivity contribution in [2.24, 2.45) is 0 Å². The standard InChI is InChI=1S/C15H25N3O/c1-4-12-7-8-14(17-12)15(19)16-10-13-6-5-9-18(13)11(2)3/h7-8,11,13,17H,4-6,9-10H2,1-3H3,(H,16,19). The van der Waals surface area contributed by atoms with Gasteiger partial charge in [0.2, 0.25) is 0 Å². The van der Waals surface area contributed by atoms with Crippen LogP contribution in [0.1, 0.15) is 49.8 Å². The number of amides is 1. The van der Waals surface area contributed by atoms with Crippen LogP contribution in [-0.2, 0) is 6.42 Å². The van der Waals surface area contributed by atoms with E-state index in [0.717, 1.165) is 25.2 Å². The Balaban J connectivity index is 1.86. The van der Waals surface area contributed by atoms with Crippen molar-refractivity contribution in [1.82, 2.24) is 15.2 Å². The molecular formula is C15H25N3O. The van der Waals surface area contributed by atoms with Gasteiger partial charge in [0.15, 0.2) is 0 Å². The fraction of sp³-hybridized carbons (Fsp3) is 0.667. The lowest BCUT2D eigenvalue weighted by Crippen LogP contribution is -2.43. The number of aromatic amines is 1. The topological polar surface area (TPSA) is 48.1 Å². The molecule has 19 heavy (non-hydrogen) atoms. The predicted octanol–water partition coefficient (Wildman–Crippen LogP) is 2.18. The van der Waals surface area contributed by atoms with Gasteiger partial charge in [-0.25, -0.2) is 0 Å². The molecular weight excluding hydrogens is 238 g/mol. The molecule has 1 unspecified atom stereocenters. The zero-order valence-electron chi connectivity index (χ0n) is 12.2. The lowest BCUT2D eigenvalue weighted by atomic mass is 10.2. The summed E-state index contributed by atoms with van der Waals surface area (Å²) in [6.45, 7) is 8.42. The number of hydrogen-bond acceptors (Lipinski definition) is 2. The molecule has 1 aliphatic heterocycles.